The number of hydrogen-bond donors (Lipinski definition) is 1. The van der Waals surface area contributed by atoms with Crippen LogP contribution in [-0.2, 0) is 14.3 Å². The smallest absolute Gasteiger partial charge is 0.340 e. The SMILES string of the molecule is C[C@H](NC(=O)COC(=O)/C(=C/c1cccs1)c1cccs1)c1ccco1. The minimum atomic E-state index is -0.526. The standard InChI is InChI=1S/C19H17NO4S2/c1-13(16-6-2-8-23-16)20-18(21)12-24-19(22)15(17-7-4-10-26-17)11-14-5-3-9-25-14/h2-11,13H,12H2,1H3,(H,20,21)/b15-11+/t13-/m0/s1. The summed E-state index contributed by atoms with van der Waals surface area (Å²) in [5.74, 6) is -0.271. The van der Waals surface area contributed by atoms with Crippen LogP contribution >= 0.6 is 22.7 Å². The van der Waals surface area contributed by atoms with Gasteiger partial charge in [0.15, 0.2) is 6.61 Å². The van der Waals surface area contributed by atoms with Crippen molar-refractivity contribution in [1.82, 2.24) is 5.32 Å². The summed E-state index contributed by atoms with van der Waals surface area (Å²) in [6.07, 6.45) is 3.32. The highest BCUT2D eigenvalue weighted by Gasteiger charge is 2.18. The molecule has 0 fully saturated rings. The third kappa shape index (κ3) is 4.71. The molecule has 134 valence electrons. The number of esters is 1. The first-order valence-corrected chi connectivity index (χ1v) is 9.68. The van der Waals surface area contributed by atoms with Crippen molar-refractivity contribution in [3.05, 3.63) is 68.9 Å². The molecular formula is C19H17NO4S2. The van der Waals surface area contributed by atoms with Crippen LogP contribution in [0.25, 0.3) is 11.6 Å². The van der Waals surface area contributed by atoms with Crippen LogP contribution in [0.1, 0.15) is 28.5 Å². The van der Waals surface area contributed by atoms with Gasteiger partial charge in [0.05, 0.1) is 17.9 Å². The zero-order valence-corrected chi connectivity index (χ0v) is 15.6. The molecule has 1 amide bonds. The summed E-state index contributed by atoms with van der Waals surface area (Å²) in [5.41, 5.74) is 0.439. The molecule has 7 heteroatoms. The van der Waals surface area contributed by atoms with Crippen LogP contribution in [0.3, 0.4) is 0 Å². The molecule has 0 aliphatic carbocycles. The Morgan fingerprint density at radius 2 is 2.00 bits per heavy atom. The molecule has 0 aromatic carbocycles. The van der Waals surface area contributed by atoms with E-state index < -0.39 is 5.97 Å². The van der Waals surface area contributed by atoms with Crippen LogP contribution < -0.4 is 5.32 Å². The van der Waals surface area contributed by atoms with E-state index in [1.807, 2.05) is 35.0 Å². The maximum Gasteiger partial charge on any atom is 0.340 e. The number of carbonyl (C=O) groups excluding carboxylic acids is 2. The number of nitrogens with one attached hydrogen (secondary N) is 1. The van der Waals surface area contributed by atoms with Crippen LogP contribution in [0.4, 0.5) is 0 Å². The summed E-state index contributed by atoms with van der Waals surface area (Å²) in [6.45, 7) is 1.45. The lowest BCUT2D eigenvalue weighted by atomic mass is 10.2. The summed E-state index contributed by atoms with van der Waals surface area (Å²) < 4.78 is 10.5. The van der Waals surface area contributed by atoms with Crippen LogP contribution in [-0.4, -0.2) is 18.5 Å². The molecule has 0 radical (unpaired) electrons. The fourth-order valence-corrected chi connectivity index (χ4v) is 3.67. The summed E-state index contributed by atoms with van der Waals surface area (Å²) in [5, 5.41) is 6.56. The molecule has 3 aromatic rings. The molecule has 0 bridgehead atoms. The fourth-order valence-electron chi connectivity index (χ4n) is 2.28. The number of carbonyl (C=O) groups is 2. The third-order valence-corrected chi connectivity index (χ3v) is 5.24. The van der Waals surface area contributed by atoms with E-state index in [1.54, 1.807) is 31.4 Å². The molecule has 3 rings (SSSR count). The van der Waals surface area contributed by atoms with Gasteiger partial charge in [0, 0.05) is 9.75 Å². The Morgan fingerprint density at radius 3 is 2.65 bits per heavy atom. The number of rotatable bonds is 7. The predicted octanol–water partition coefficient (Wildman–Crippen LogP) is 4.36. The Bertz CT molecular complexity index is 865. The van der Waals surface area contributed by atoms with Gasteiger partial charge in [-0.25, -0.2) is 4.79 Å². The van der Waals surface area contributed by atoms with Gasteiger partial charge in [-0.3, -0.25) is 4.79 Å². The molecule has 0 unspecified atom stereocenters. The Balaban J connectivity index is 1.62. The predicted molar refractivity (Wildman–Crippen MR) is 103 cm³/mol. The number of furan rings is 1. The summed E-state index contributed by atoms with van der Waals surface area (Å²) in [6, 6.07) is 10.8. The molecule has 5 nitrogen and oxygen atoms in total. The lowest BCUT2D eigenvalue weighted by Gasteiger charge is -2.12. The number of amides is 1. The monoisotopic (exact) mass is 387 g/mol. The highest BCUT2D eigenvalue weighted by atomic mass is 32.1. The van der Waals surface area contributed by atoms with Crippen LogP contribution in [0.15, 0.2) is 57.8 Å². The lowest BCUT2D eigenvalue weighted by molar-refractivity contribution is -0.143. The first kappa shape index (κ1) is 18.2. The topological polar surface area (TPSA) is 68.5 Å². The van der Waals surface area contributed by atoms with E-state index in [1.165, 1.54) is 22.7 Å². The molecule has 3 aromatic heterocycles. The first-order chi connectivity index (χ1) is 12.6. The van der Waals surface area contributed by atoms with Gasteiger partial charge < -0.3 is 14.5 Å². The number of ether oxygens (including phenoxy) is 1. The maximum absolute atomic E-state index is 12.5. The molecule has 0 aliphatic heterocycles. The second-order valence-electron chi connectivity index (χ2n) is 5.43. The van der Waals surface area contributed by atoms with E-state index in [0.29, 0.717) is 11.3 Å². The first-order valence-electron chi connectivity index (χ1n) is 7.92. The van der Waals surface area contributed by atoms with Crippen molar-refractivity contribution < 1.29 is 18.7 Å². The van der Waals surface area contributed by atoms with Gasteiger partial charge >= 0.3 is 5.97 Å². The second kappa shape index (κ2) is 8.64. The molecule has 1 atom stereocenters. The Hall–Kier alpha value is -2.64. The quantitative estimate of drug-likeness (QED) is 0.483. The van der Waals surface area contributed by atoms with Crippen molar-refractivity contribution in [2.24, 2.45) is 0 Å². The highest BCUT2D eigenvalue weighted by Crippen LogP contribution is 2.25. The van der Waals surface area contributed by atoms with Crippen molar-refractivity contribution in [3.63, 3.8) is 0 Å². The van der Waals surface area contributed by atoms with E-state index in [2.05, 4.69) is 5.32 Å². The van der Waals surface area contributed by atoms with E-state index in [9.17, 15) is 9.59 Å². The Labute approximate surface area is 158 Å². The minimum absolute atomic E-state index is 0.297. The molecule has 0 saturated heterocycles. The number of hydrogen-bond acceptors (Lipinski definition) is 6. The molecule has 1 N–H and O–H groups in total. The maximum atomic E-state index is 12.5. The zero-order valence-electron chi connectivity index (χ0n) is 14.0. The number of thiophene rings is 2. The van der Waals surface area contributed by atoms with Gasteiger partial charge in [-0.2, -0.15) is 0 Å². The normalized spacial score (nSPS) is 12.6. The third-order valence-electron chi connectivity index (χ3n) is 3.52. The Kier molecular flexibility index (Phi) is 6.04. The summed E-state index contributed by atoms with van der Waals surface area (Å²) in [4.78, 5) is 26.3. The summed E-state index contributed by atoms with van der Waals surface area (Å²) in [7, 11) is 0. The van der Waals surface area contributed by atoms with E-state index >= 15 is 0 Å². The van der Waals surface area contributed by atoms with Gasteiger partial charge in [-0.1, -0.05) is 12.1 Å². The highest BCUT2D eigenvalue weighted by molar-refractivity contribution is 7.12. The molecule has 3 heterocycles. The van der Waals surface area contributed by atoms with Crippen molar-refractivity contribution in [1.29, 1.82) is 0 Å². The fraction of sp³-hybridized carbons (Fsp3) is 0.158. The van der Waals surface area contributed by atoms with Gasteiger partial charge in [0.25, 0.3) is 5.91 Å². The summed E-state index contributed by atoms with van der Waals surface area (Å²) >= 11 is 2.97. The lowest BCUT2D eigenvalue weighted by Crippen LogP contribution is -2.31. The van der Waals surface area contributed by atoms with E-state index in [0.717, 1.165) is 9.75 Å². The van der Waals surface area contributed by atoms with Crippen molar-refractivity contribution in [2.45, 2.75) is 13.0 Å². The molecule has 0 aliphatic rings. The average molecular weight is 387 g/mol. The van der Waals surface area contributed by atoms with E-state index in [4.69, 9.17) is 9.15 Å². The van der Waals surface area contributed by atoms with Gasteiger partial charge in [0.1, 0.15) is 5.76 Å². The van der Waals surface area contributed by atoms with Crippen LogP contribution in [0, 0.1) is 0 Å². The largest absolute Gasteiger partial charge is 0.467 e. The minimum Gasteiger partial charge on any atom is -0.467 e. The molecule has 0 spiro atoms. The van der Waals surface area contributed by atoms with Crippen molar-refractivity contribution >= 4 is 46.2 Å². The molecule has 0 saturated carbocycles. The van der Waals surface area contributed by atoms with Crippen molar-refractivity contribution in [3.8, 4) is 0 Å². The van der Waals surface area contributed by atoms with Crippen molar-refractivity contribution in [2.75, 3.05) is 6.61 Å². The average Bonchev–Trinajstić information content (AvgIpc) is 3.40. The zero-order chi connectivity index (χ0) is 18.4. The van der Waals surface area contributed by atoms with Crippen LogP contribution in [0.5, 0.6) is 0 Å². The van der Waals surface area contributed by atoms with Gasteiger partial charge in [0.2, 0.25) is 0 Å². The Morgan fingerprint density at radius 1 is 1.19 bits per heavy atom. The molecular weight excluding hydrogens is 370 g/mol. The van der Waals surface area contributed by atoms with E-state index in [-0.39, 0.29) is 18.6 Å². The molecule has 26 heavy (non-hydrogen) atoms. The van der Waals surface area contributed by atoms with Gasteiger partial charge in [-0.05, 0) is 48.0 Å². The van der Waals surface area contributed by atoms with Gasteiger partial charge in [-0.15, -0.1) is 22.7 Å². The van der Waals surface area contributed by atoms with Crippen LogP contribution in [0.2, 0.25) is 0 Å². The second-order valence-corrected chi connectivity index (χ2v) is 7.36.